The second kappa shape index (κ2) is 10.3. The van der Waals surface area contributed by atoms with Gasteiger partial charge in [0.25, 0.3) is 0 Å². The van der Waals surface area contributed by atoms with E-state index in [4.69, 9.17) is 24.9 Å². The first-order valence-corrected chi connectivity index (χ1v) is 12.9. The van der Waals surface area contributed by atoms with Crippen LogP contribution < -0.4 is 21.0 Å². The third kappa shape index (κ3) is 6.47. The van der Waals surface area contributed by atoms with Crippen molar-refractivity contribution < 1.29 is 24.1 Å². The molecule has 1 aromatic rings. The molecule has 2 fully saturated rings. The summed E-state index contributed by atoms with van der Waals surface area (Å²) in [5.74, 6) is 1.47. The molecule has 0 radical (unpaired) electrons. The first-order chi connectivity index (χ1) is 16.5. The van der Waals surface area contributed by atoms with Crippen molar-refractivity contribution in [1.82, 2.24) is 4.90 Å². The highest BCUT2D eigenvalue weighted by Crippen LogP contribution is 2.36. The number of anilines is 1. The van der Waals surface area contributed by atoms with Crippen molar-refractivity contribution >= 4 is 17.9 Å². The number of piperidine rings is 1. The Kier molecular flexibility index (Phi) is 7.62. The number of amides is 1. The van der Waals surface area contributed by atoms with Crippen LogP contribution in [0.25, 0.3) is 6.08 Å². The molecule has 1 saturated carbocycles. The number of fused-ring (bicyclic) bond motifs is 1. The van der Waals surface area contributed by atoms with E-state index in [0.717, 1.165) is 49.1 Å². The Labute approximate surface area is 208 Å². The second-order valence-corrected chi connectivity index (χ2v) is 11.4. The van der Waals surface area contributed by atoms with Crippen LogP contribution >= 0.6 is 0 Å². The molecule has 1 aliphatic carbocycles. The maximum Gasteiger partial charge on any atom is 0.410 e. The van der Waals surface area contributed by atoms with Gasteiger partial charge < -0.3 is 30.0 Å². The van der Waals surface area contributed by atoms with Gasteiger partial charge in [0, 0.05) is 31.0 Å². The molecular weight excluding hydrogens is 446 g/mol. The van der Waals surface area contributed by atoms with Crippen molar-refractivity contribution in [2.75, 3.05) is 39.1 Å². The Morgan fingerprint density at radius 2 is 1.89 bits per heavy atom. The number of hydrogen-bond donors (Lipinski definition) is 2. The zero-order valence-corrected chi connectivity index (χ0v) is 21.6. The Balaban J connectivity index is 1.19. The van der Waals surface area contributed by atoms with E-state index < -0.39 is 11.2 Å². The van der Waals surface area contributed by atoms with Crippen LogP contribution in [0.3, 0.4) is 0 Å². The molecule has 0 aromatic heterocycles. The number of aliphatic hydroxyl groups is 1. The van der Waals surface area contributed by atoms with Gasteiger partial charge in [0.15, 0.2) is 0 Å². The van der Waals surface area contributed by atoms with E-state index in [0.29, 0.717) is 49.6 Å². The lowest BCUT2D eigenvalue weighted by atomic mass is 9.76. The number of hydrogen-bond acceptors (Lipinski definition) is 7. The highest BCUT2D eigenvalue weighted by molar-refractivity contribution is 5.68. The minimum atomic E-state index is -0.771. The molecule has 2 heterocycles. The number of carbonyl (C=O) groups excluding carboxylic acids is 1. The standard InChI is InChI=1S/C27H41N3O5/c1-26(2,3)35-25(31)30-11-7-18(8-12-30)16-34-17-27(32)9-5-19(6-10-27)22-14-20-13-21(28)24(33-4)15-23(20)29-22/h13-15,18-19,22,32H,5-12,16-17,28H2,1-4H3. The minimum absolute atomic E-state index is 0.122. The quantitative estimate of drug-likeness (QED) is 0.598. The van der Waals surface area contributed by atoms with E-state index in [1.807, 2.05) is 32.9 Å². The molecule has 0 spiro atoms. The summed E-state index contributed by atoms with van der Waals surface area (Å²) in [5, 5.41) is 13.1. The van der Waals surface area contributed by atoms with Crippen LogP contribution in [0.15, 0.2) is 17.1 Å². The van der Waals surface area contributed by atoms with E-state index in [2.05, 4.69) is 6.08 Å². The smallest absolute Gasteiger partial charge is 0.410 e. The Hall–Kier alpha value is -2.32. The topological polar surface area (TPSA) is 107 Å². The van der Waals surface area contributed by atoms with E-state index in [9.17, 15) is 9.90 Å². The predicted octanol–water partition coefficient (Wildman–Crippen LogP) is 2.64. The van der Waals surface area contributed by atoms with Gasteiger partial charge in [0.2, 0.25) is 0 Å². The lowest BCUT2D eigenvalue weighted by molar-refractivity contribution is -0.0844. The summed E-state index contributed by atoms with van der Waals surface area (Å²) < 4.78 is 16.8. The van der Waals surface area contributed by atoms with Crippen LogP contribution in [-0.2, 0) is 9.47 Å². The van der Waals surface area contributed by atoms with E-state index in [1.165, 1.54) is 0 Å². The molecule has 3 aliphatic rings. The average molecular weight is 488 g/mol. The van der Waals surface area contributed by atoms with Gasteiger partial charge in [-0.2, -0.15) is 0 Å². The molecule has 1 amide bonds. The fourth-order valence-corrected chi connectivity index (χ4v) is 5.34. The highest BCUT2D eigenvalue weighted by Gasteiger charge is 2.37. The molecule has 8 nitrogen and oxygen atoms in total. The van der Waals surface area contributed by atoms with Gasteiger partial charge in [-0.05, 0) is 77.2 Å². The van der Waals surface area contributed by atoms with Crippen LogP contribution in [0.2, 0.25) is 0 Å². The summed E-state index contributed by atoms with van der Waals surface area (Å²) in [6.45, 7) is 8.03. The van der Waals surface area contributed by atoms with Gasteiger partial charge in [-0.1, -0.05) is 6.08 Å². The predicted molar refractivity (Wildman–Crippen MR) is 135 cm³/mol. The van der Waals surface area contributed by atoms with E-state index in [-0.39, 0.29) is 12.1 Å². The molecule has 0 bridgehead atoms. The highest BCUT2D eigenvalue weighted by atomic mass is 16.6. The Morgan fingerprint density at radius 1 is 1.20 bits per heavy atom. The molecule has 1 saturated heterocycles. The third-order valence-electron chi connectivity index (χ3n) is 7.45. The summed E-state index contributed by atoms with van der Waals surface area (Å²) in [4.78, 5) is 18.9. The molecule has 3 N–H and O–H groups in total. The maximum atomic E-state index is 12.2. The van der Waals surface area contributed by atoms with Crippen molar-refractivity contribution in [3.63, 3.8) is 0 Å². The molecule has 194 valence electrons. The average Bonchev–Trinajstić information content (AvgIpc) is 3.20. The zero-order chi connectivity index (χ0) is 25.2. The fourth-order valence-electron chi connectivity index (χ4n) is 5.34. The van der Waals surface area contributed by atoms with Crippen LogP contribution in [0.4, 0.5) is 10.5 Å². The number of methoxy groups -OCH3 is 1. The summed E-state index contributed by atoms with van der Waals surface area (Å²) >= 11 is 0. The lowest BCUT2D eigenvalue weighted by Crippen LogP contribution is -2.43. The van der Waals surface area contributed by atoms with Crippen LogP contribution in [0.5, 0.6) is 5.75 Å². The Bertz CT molecular complexity index is 1020. The number of likely N-dealkylation sites (tertiary alicyclic amines) is 1. The van der Waals surface area contributed by atoms with E-state index >= 15 is 0 Å². The van der Waals surface area contributed by atoms with Gasteiger partial charge in [-0.3, -0.25) is 4.99 Å². The summed E-state index contributed by atoms with van der Waals surface area (Å²) in [6.07, 6.45) is 7.02. The van der Waals surface area contributed by atoms with Crippen LogP contribution in [-0.4, -0.2) is 66.8 Å². The number of nitrogens with two attached hydrogens (primary N) is 1. The molecule has 8 heteroatoms. The monoisotopic (exact) mass is 487 g/mol. The molecule has 35 heavy (non-hydrogen) atoms. The molecule has 1 atom stereocenters. The van der Waals surface area contributed by atoms with Crippen molar-refractivity contribution in [2.45, 2.75) is 76.5 Å². The third-order valence-corrected chi connectivity index (χ3v) is 7.45. The van der Waals surface area contributed by atoms with Gasteiger partial charge in [0.05, 0.1) is 36.4 Å². The van der Waals surface area contributed by atoms with Crippen molar-refractivity contribution in [3.05, 3.63) is 22.7 Å². The van der Waals surface area contributed by atoms with Gasteiger partial charge in [-0.25, -0.2) is 4.79 Å². The van der Waals surface area contributed by atoms with Gasteiger partial charge >= 0.3 is 6.09 Å². The normalized spacial score (nSPS) is 27.1. The summed E-state index contributed by atoms with van der Waals surface area (Å²) in [6, 6.07) is 3.96. The lowest BCUT2D eigenvalue weighted by Gasteiger charge is -2.37. The first kappa shape index (κ1) is 25.8. The molecule has 4 rings (SSSR count). The second-order valence-electron chi connectivity index (χ2n) is 11.4. The molecule has 2 aliphatic heterocycles. The van der Waals surface area contributed by atoms with E-state index in [1.54, 1.807) is 12.0 Å². The molecular formula is C27H41N3O5. The first-order valence-electron chi connectivity index (χ1n) is 12.9. The van der Waals surface area contributed by atoms with Crippen molar-refractivity contribution in [1.29, 1.82) is 0 Å². The number of benzene rings is 1. The van der Waals surface area contributed by atoms with Crippen LogP contribution in [0, 0.1) is 11.8 Å². The summed E-state index contributed by atoms with van der Waals surface area (Å²) in [5.41, 5.74) is 5.44. The van der Waals surface area contributed by atoms with Crippen LogP contribution in [0.1, 0.15) is 59.3 Å². The summed E-state index contributed by atoms with van der Waals surface area (Å²) in [7, 11) is 1.62. The number of nitrogens with zero attached hydrogens (tertiary/aromatic N) is 2. The molecule has 1 unspecified atom stereocenters. The number of nitrogen functional groups attached to an aromatic ring is 1. The number of ether oxygens (including phenoxy) is 3. The maximum absolute atomic E-state index is 12.2. The zero-order valence-electron chi connectivity index (χ0n) is 21.6. The Morgan fingerprint density at radius 3 is 2.51 bits per heavy atom. The van der Waals surface area contributed by atoms with Crippen molar-refractivity contribution in [2.24, 2.45) is 16.8 Å². The minimum Gasteiger partial charge on any atom is -0.495 e. The van der Waals surface area contributed by atoms with Crippen molar-refractivity contribution in [3.8, 4) is 5.75 Å². The number of carbonyl (C=O) groups is 1. The van der Waals surface area contributed by atoms with Gasteiger partial charge in [-0.15, -0.1) is 0 Å². The largest absolute Gasteiger partial charge is 0.495 e. The molecule has 1 aromatic carbocycles. The number of rotatable bonds is 6. The SMILES string of the molecule is COc1cc2c(cc1N)=CC(C1CCC(O)(COCC3CCN(C(=O)OC(C)(C)C)CC3)CC1)N=2. The fraction of sp³-hybridized carbons (Fsp3) is 0.704. The van der Waals surface area contributed by atoms with Gasteiger partial charge in [0.1, 0.15) is 11.4 Å².